The minimum Gasteiger partial charge on any atom is -0.454 e. The van der Waals surface area contributed by atoms with Crippen LogP contribution in [0.4, 0.5) is 27.6 Å². The van der Waals surface area contributed by atoms with Gasteiger partial charge in [-0.2, -0.15) is 13.2 Å². The van der Waals surface area contributed by atoms with E-state index in [4.69, 9.17) is 21.7 Å². The van der Waals surface area contributed by atoms with Gasteiger partial charge in [0.15, 0.2) is 5.75 Å². The molecule has 0 spiro atoms. The Morgan fingerprint density at radius 1 is 1.17 bits per heavy atom. The molecule has 2 aromatic carbocycles. The van der Waals surface area contributed by atoms with E-state index in [0.29, 0.717) is 6.07 Å². The third kappa shape index (κ3) is 5.69. The monoisotopic (exact) mass is 447 g/mol. The van der Waals surface area contributed by atoms with Gasteiger partial charge in [0.05, 0.1) is 21.8 Å². The van der Waals surface area contributed by atoms with E-state index >= 15 is 0 Å². The van der Waals surface area contributed by atoms with Gasteiger partial charge in [0.25, 0.3) is 12.3 Å². The van der Waals surface area contributed by atoms with Crippen LogP contribution in [0.15, 0.2) is 54.2 Å². The first-order valence-electron chi connectivity index (χ1n) is 8.24. The molecular formula is C19H15ClF5N3O2. The van der Waals surface area contributed by atoms with Crippen LogP contribution in [0.2, 0.25) is 5.02 Å². The Morgan fingerprint density at radius 2 is 1.83 bits per heavy atom. The number of hydrogen-bond acceptors (Lipinski definition) is 4. The molecule has 1 amide bonds. The highest BCUT2D eigenvalue weighted by atomic mass is 35.5. The molecule has 0 aromatic heterocycles. The third-order valence-electron chi connectivity index (χ3n) is 3.66. The maximum absolute atomic E-state index is 12.8. The van der Waals surface area contributed by atoms with Crippen LogP contribution in [0.25, 0.3) is 0 Å². The first-order chi connectivity index (χ1) is 14.0. The Kier molecular flexibility index (Phi) is 7.38. The van der Waals surface area contributed by atoms with Gasteiger partial charge >= 0.3 is 6.18 Å². The van der Waals surface area contributed by atoms with Crippen molar-refractivity contribution in [1.82, 2.24) is 5.32 Å². The number of anilines is 1. The molecule has 30 heavy (non-hydrogen) atoms. The number of amides is 1. The van der Waals surface area contributed by atoms with E-state index in [2.05, 4.69) is 10.6 Å². The lowest BCUT2D eigenvalue weighted by atomic mass is 10.1. The van der Waals surface area contributed by atoms with E-state index in [1.807, 2.05) is 0 Å². The first kappa shape index (κ1) is 23.1. The summed E-state index contributed by atoms with van der Waals surface area (Å²) in [6.45, 7) is 0. The van der Waals surface area contributed by atoms with E-state index in [-0.39, 0.29) is 22.2 Å². The highest BCUT2D eigenvalue weighted by Crippen LogP contribution is 2.38. The number of benzene rings is 2. The van der Waals surface area contributed by atoms with Crippen LogP contribution in [0.5, 0.6) is 11.5 Å². The fraction of sp³-hybridized carbons (Fsp3) is 0.158. The summed E-state index contributed by atoms with van der Waals surface area (Å²) in [5.74, 6) is -1.12. The van der Waals surface area contributed by atoms with Crippen LogP contribution in [0.3, 0.4) is 0 Å². The maximum Gasteiger partial charge on any atom is 0.416 e. The fourth-order valence-corrected chi connectivity index (χ4v) is 2.47. The Balaban J connectivity index is 2.30. The molecule has 0 atom stereocenters. The van der Waals surface area contributed by atoms with Gasteiger partial charge in [0.1, 0.15) is 11.5 Å². The molecular weight excluding hydrogens is 433 g/mol. The molecule has 0 aliphatic heterocycles. The SMILES string of the molecule is CN/C=C(\C(=N)C(F)F)C(=O)Nc1ccccc1Oc1ccc(C(F)(F)F)cc1Cl. The molecule has 11 heteroatoms. The number of hydrogen-bond donors (Lipinski definition) is 3. The summed E-state index contributed by atoms with van der Waals surface area (Å²) in [6, 6.07) is 8.29. The summed E-state index contributed by atoms with van der Waals surface area (Å²) in [6.07, 6.45) is -6.81. The third-order valence-corrected chi connectivity index (χ3v) is 3.95. The van der Waals surface area contributed by atoms with Crippen molar-refractivity contribution < 1.29 is 31.5 Å². The highest BCUT2D eigenvalue weighted by Gasteiger charge is 2.31. The van der Waals surface area contributed by atoms with Gasteiger partial charge in [0, 0.05) is 13.2 Å². The lowest BCUT2D eigenvalue weighted by Gasteiger charge is -2.15. The molecule has 0 unspecified atom stereocenters. The number of carbonyl (C=O) groups excluding carboxylic acids is 1. The Hall–Kier alpha value is -3.14. The number of alkyl halides is 5. The van der Waals surface area contributed by atoms with E-state index in [1.165, 1.54) is 31.3 Å². The molecule has 3 N–H and O–H groups in total. The minimum absolute atomic E-state index is 0.0000983. The molecule has 2 rings (SSSR count). The fourth-order valence-electron chi connectivity index (χ4n) is 2.25. The quantitative estimate of drug-likeness (QED) is 0.299. The summed E-state index contributed by atoms with van der Waals surface area (Å²) >= 11 is 5.87. The standard InChI is InChI=1S/C19H15ClF5N3O2/c1-27-9-11(16(26)17(21)22)18(29)28-13-4-2-3-5-15(13)30-14-7-6-10(8-12(14)20)19(23,24)25/h2-9,17,26-27H,1H3,(H,28,29)/b11-9+,26-16?. The second-order valence-corrected chi connectivity index (χ2v) is 6.16. The minimum atomic E-state index is -4.58. The Labute approximate surface area is 173 Å². The summed E-state index contributed by atoms with van der Waals surface area (Å²) < 4.78 is 69.5. The van der Waals surface area contributed by atoms with E-state index in [0.717, 1.165) is 18.3 Å². The molecule has 160 valence electrons. The van der Waals surface area contributed by atoms with Crippen molar-refractivity contribution in [2.75, 3.05) is 12.4 Å². The van der Waals surface area contributed by atoms with Crippen molar-refractivity contribution in [3.05, 3.63) is 64.8 Å². The Bertz CT molecular complexity index is 977. The maximum atomic E-state index is 12.8. The van der Waals surface area contributed by atoms with Gasteiger partial charge in [0.2, 0.25) is 0 Å². The number of nitrogens with one attached hydrogen (secondary N) is 3. The van der Waals surface area contributed by atoms with Gasteiger partial charge < -0.3 is 15.4 Å². The second-order valence-electron chi connectivity index (χ2n) is 5.76. The predicted molar refractivity (Wildman–Crippen MR) is 102 cm³/mol. The van der Waals surface area contributed by atoms with Crippen LogP contribution in [0, 0.1) is 5.41 Å². The normalized spacial score (nSPS) is 11.9. The zero-order valence-corrected chi connectivity index (χ0v) is 16.0. The number of rotatable bonds is 7. The van der Waals surface area contributed by atoms with Crippen LogP contribution in [0.1, 0.15) is 5.56 Å². The van der Waals surface area contributed by atoms with E-state index in [9.17, 15) is 26.7 Å². The summed E-state index contributed by atoms with van der Waals surface area (Å²) in [5, 5.41) is 11.8. The van der Waals surface area contributed by atoms with Crippen LogP contribution in [-0.4, -0.2) is 25.1 Å². The van der Waals surface area contributed by atoms with Gasteiger partial charge in [-0.25, -0.2) is 8.78 Å². The zero-order valence-electron chi connectivity index (χ0n) is 15.3. The molecule has 0 saturated carbocycles. The van der Waals surface area contributed by atoms with Crippen LogP contribution < -0.4 is 15.4 Å². The molecule has 0 aliphatic rings. The Morgan fingerprint density at radius 3 is 2.40 bits per heavy atom. The number of halogens is 6. The number of para-hydroxylation sites is 2. The van der Waals surface area contributed by atoms with E-state index in [1.54, 1.807) is 0 Å². The molecule has 0 saturated heterocycles. The zero-order chi connectivity index (χ0) is 22.5. The van der Waals surface area contributed by atoms with Crippen molar-refractivity contribution in [3.8, 4) is 11.5 Å². The molecule has 0 radical (unpaired) electrons. The topological polar surface area (TPSA) is 74.2 Å². The lowest BCUT2D eigenvalue weighted by molar-refractivity contribution is -0.137. The van der Waals surface area contributed by atoms with Gasteiger partial charge in [-0.3, -0.25) is 10.2 Å². The van der Waals surface area contributed by atoms with Crippen molar-refractivity contribution in [2.24, 2.45) is 0 Å². The number of ether oxygens (including phenoxy) is 1. The summed E-state index contributed by atoms with van der Waals surface area (Å²) in [5.41, 5.74) is -2.72. The molecule has 0 fully saturated rings. The van der Waals surface area contributed by atoms with E-state index < -0.39 is 35.4 Å². The van der Waals surface area contributed by atoms with Crippen molar-refractivity contribution >= 4 is 28.9 Å². The first-order valence-corrected chi connectivity index (χ1v) is 8.61. The van der Waals surface area contributed by atoms with Gasteiger partial charge in [-0.15, -0.1) is 0 Å². The average molecular weight is 448 g/mol. The van der Waals surface area contributed by atoms with Gasteiger partial charge in [-0.05, 0) is 30.3 Å². The largest absolute Gasteiger partial charge is 0.454 e. The molecule has 0 heterocycles. The van der Waals surface area contributed by atoms with Crippen LogP contribution >= 0.6 is 11.6 Å². The molecule has 2 aromatic rings. The lowest BCUT2D eigenvalue weighted by Crippen LogP contribution is -2.26. The highest BCUT2D eigenvalue weighted by molar-refractivity contribution is 6.32. The smallest absolute Gasteiger partial charge is 0.416 e. The van der Waals surface area contributed by atoms with Crippen molar-refractivity contribution in [2.45, 2.75) is 12.6 Å². The average Bonchev–Trinajstić information content (AvgIpc) is 2.67. The molecule has 5 nitrogen and oxygen atoms in total. The molecule has 0 bridgehead atoms. The van der Waals surface area contributed by atoms with Crippen molar-refractivity contribution in [3.63, 3.8) is 0 Å². The summed E-state index contributed by atoms with van der Waals surface area (Å²) in [7, 11) is 1.37. The van der Waals surface area contributed by atoms with Crippen molar-refractivity contribution in [1.29, 1.82) is 5.41 Å². The van der Waals surface area contributed by atoms with Crippen LogP contribution in [-0.2, 0) is 11.0 Å². The predicted octanol–water partition coefficient (Wildman–Crippen LogP) is 5.48. The number of carbonyl (C=O) groups is 1. The second kappa shape index (κ2) is 9.57. The molecule has 0 aliphatic carbocycles. The van der Waals surface area contributed by atoms with Gasteiger partial charge in [-0.1, -0.05) is 23.7 Å². The summed E-state index contributed by atoms with van der Waals surface area (Å²) in [4.78, 5) is 12.4.